The lowest BCUT2D eigenvalue weighted by atomic mass is 10.1. The Morgan fingerprint density at radius 3 is 2.90 bits per heavy atom. The Morgan fingerprint density at radius 2 is 2.10 bits per heavy atom. The van der Waals surface area contributed by atoms with Crippen molar-refractivity contribution in [2.24, 2.45) is 0 Å². The molecule has 0 saturated carbocycles. The fraction of sp³-hybridized carbons (Fsp3) is 0.235. The van der Waals surface area contributed by atoms with Gasteiger partial charge in [0.25, 0.3) is 0 Å². The third-order valence-electron chi connectivity index (χ3n) is 3.65. The van der Waals surface area contributed by atoms with Crippen molar-refractivity contribution < 1.29 is 0 Å². The second kappa shape index (κ2) is 6.24. The molecule has 3 aromatic rings. The van der Waals surface area contributed by atoms with E-state index in [0.717, 1.165) is 36.1 Å². The van der Waals surface area contributed by atoms with E-state index in [-0.39, 0.29) is 0 Å². The van der Waals surface area contributed by atoms with Crippen LogP contribution in [0.2, 0.25) is 0 Å². The topological polar surface area (TPSA) is 42.1 Å². The van der Waals surface area contributed by atoms with Crippen LogP contribution >= 0.6 is 11.3 Å². The first kappa shape index (κ1) is 14.0. The monoisotopic (exact) mass is 297 g/mol. The van der Waals surface area contributed by atoms with Crippen molar-refractivity contribution in [2.45, 2.75) is 13.0 Å². The smallest absolute Gasteiger partial charge is 0.0767 e. The summed E-state index contributed by atoms with van der Waals surface area (Å²) in [5.74, 6) is 0. The Bertz CT molecular complexity index is 722. The number of thiophene rings is 1. The zero-order valence-electron chi connectivity index (χ0n) is 12.1. The van der Waals surface area contributed by atoms with Gasteiger partial charge < -0.3 is 10.6 Å². The summed E-state index contributed by atoms with van der Waals surface area (Å²) in [6.45, 7) is 1.93. The molecule has 0 aliphatic carbocycles. The van der Waals surface area contributed by atoms with Crippen molar-refractivity contribution in [1.29, 1.82) is 0 Å². The van der Waals surface area contributed by atoms with Crippen molar-refractivity contribution in [3.8, 4) is 0 Å². The van der Waals surface area contributed by atoms with Gasteiger partial charge in [-0.25, -0.2) is 0 Å². The average Bonchev–Trinajstić information content (AvgIpc) is 3.02. The van der Waals surface area contributed by atoms with Gasteiger partial charge in [-0.1, -0.05) is 12.1 Å². The normalized spacial score (nSPS) is 11.3. The van der Waals surface area contributed by atoms with Crippen LogP contribution < -0.4 is 5.73 Å². The molecule has 0 amide bonds. The van der Waals surface area contributed by atoms with E-state index in [9.17, 15) is 0 Å². The average molecular weight is 297 g/mol. The van der Waals surface area contributed by atoms with E-state index < -0.39 is 0 Å². The molecule has 108 valence electrons. The highest BCUT2D eigenvalue weighted by Crippen LogP contribution is 2.23. The van der Waals surface area contributed by atoms with Gasteiger partial charge in [0.05, 0.1) is 5.52 Å². The van der Waals surface area contributed by atoms with Crippen LogP contribution in [0.4, 0.5) is 5.69 Å². The number of pyridine rings is 1. The molecule has 0 unspecified atom stereocenters. The lowest BCUT2D eigenvalue weighted by Gasteiger charge is -2.17. The molecule has 0 bridgehead atoms. The predicted octanol–water partition coefficient (Wildman–Crippen LogP) is 3.55. The number of fused-ring (bicyclic) bond motifs is 1. The molecule has 0 saturated heterocycles. The van der Waals surface area contributed by atoms with E-state index in [2.05, 4.69) is 40.5 Å². The van der Waals surface area contributed by atoms with Crippen LogP contribution in [0.25, 0.3) is 10.9 Å². The Kier molecular flexibility index (Phi) is 4.18. The highest BCUT2D eigenvalue weighted by molar-refractivity contribution is 7.09. The summed E-state index contributed by atoms with van der Waals surface area (Å²) >= 11 is 1.82. The molecule has 3 rings (SSSR count). The van der Waals surface area contributed by atoms with Crippen molar-refractivity contribution in [3.05, 3.63) is 58.4 Å². The van der Waals surface area contributed by atoms with Gasteiger partial charge in [0, 0.05) is 35.2 Å². The fourth-order valence-electron chi connectivity index (χ4n) is 2.51. The van der Waals surface area contributed by atoms with Gasteiger partial charge in [0.15, 0.2) is 0 Å². The molecule has 0 fully saturated rings. The lowest BCUT2D eigenvalue weighted by Crippen LogP contribution is -2.20. The molecule has 21 heavy (non-hydrogen) atoms. The van der Waals surface area contributed by atoms with E-state index in [1.807, 2.05) is 35.7 Å². The second-order valence-electron chi connectivity index (χ2n) is 5.28. The van der Waals surface area contributed by atoms with Crippen LogP contribution in [0.15, 0.2) is 48.0 Å². The lowest BCUT2D eigenvalue weighted by molar-refractivity contribution is 0.333. The standard InChI is InChI=1S/C17H19N3S/c1-20(10-8-14-4-3-11-21-14)12-13-6-7-16(18)15-5-2-9-19-17(13)15/h2-7,9,11H,8,10,12,18H2,1H3. The third kappa shape index (κ3) is 3.23. The van der Waals surface area contributed by atoms with Gasteiger partial charge in [0.1, 0.15) is 0 Å². The molecule has 0 aliphatic rings. The van der Waals surface area contributed by atoms with E-state index in [1.54, 1.807) is 0 Å². The van der Waals surface area contributed by atoms with Gasteiger partial charge >= 0.3 is 0 Å². The Balaban J connectivity index is 1.74. The highest BCUT2D eigenvalue weighted by atomic mass is 32.1. The summed E-state index contributed by atoms with van der Waals surface area (Å²) in [6.07, 6.45) is 2.92. The van der Waals surface area contributed by atoms with Crippen LogP contribution in [0.3, 0.4) is 0 Å². The highest BCUT2D eigenvalue weighted by Gasteiger charge is 2.08. The van der Waals surface area contributed by atoms with Crippen LogP contribution in [-0.4, -0.2) is 23.5 Å². The van der Waals surface area contributed by atoms with E-state index >= 15 is 0 Å². The fourth-order valence-corrected chi connectivity index (χ4v) is 3.20. The largest absolute Gasteiger partial charge is 0.398 e. The molecule has 0 aliphatic heterocycles. The first-order valence-electron chi connectivity index (χ1n) is 7.07. The Hall–Kier alpha value is -1.91. The molecular weight excluding hydrogens is 278 g/mol. The van der Waals surface area contributed by atoms with Gasteiger partial charge in [0.2, 0.25) is 0 Å². The minimum Gasteiger partial charge on any atom is -0.398 e. The van der Waals surface area contributed by atoms with E-state index in [1.165, 1.54) is 10.4 Å². The number of hydrogen-bond acceptors (Lipinski definition) is 4. The molecule has 2 heterocycles. The Labute approximate surface area is 129 Å². The number of anilines is 1. The number of likely N-dealkylation sites (N-methyl/N-ethyl adjacent to an activating group) is 1. The number of nitrogen functional groups attached to an aromatic ring is 1. The van der Waals surface area contributed by atoms with Crippen LogP contribution in [-0.2, 0) is 13.0 Å². The van der Waals surface area contributed by atoms with E-state index in [0.29, 0.717) is 0 Å². The summed E-state index contributed by atoms with van der Waals surface area (Å²) in [7, 11) is 2.15. The van der Waals surface area contributed by atoms with E-state index in [4.69, 9.17) is 5.73 Å². The van der Waals surface area contributed by atoms with Crippen LogP contribution in [0.5, 0.6) is 0 Å². The first-order chi connectivity index (χ1) is 10.2. The van der Waals surface area contributed by atoms with Crippen molar-refractivity contribution in [2.75, 3.05) is 19.3 Å². The summed E-state index contributed by atoms with van der Waals surface area (Å²) in [5.41, 5.74) is 9.07. The third-order valence-corrected chi connectivity index (χ3v) is 4.58. The number of nitrogens with two attached hydrogens (primary N) is 1. The quantitative estimate of drug-likeness (QED) is 0.732. The van der Waals surface area contributed by atoms with Crippen LogP contribution in [0.1, 0.15) is 10.4 Å². The maximum atomic E-state index is 6.03. The second-order valence-corrected chi connectivity index (χ2v) is 6.31. The zero-order valence-corrected chi connectivity index (χ0v) is 12.9. The molecule has 0 spiro atoms. The predicted molar refractivity (Wildman–Crippen MR) is 90.5 cm³/mol. The molecule has 0 atom stereocenters. The first-order valence-corrected chi connectivity index (χ1v) is 7.95. The van der Waals surface area contributed by atoms with Crippen molar-refractivity contribution >= 4 is 27.9 Å². The number of hydrogen-bond donors (Lipinski definition) is 1. The molecule has 2 aromatic heterocycles. The maximum absolute atomic E-state index is 6.03. The molecule has 3 nitrogen and oxygen atoms in total. The van der Waals surface area contributed by atoms with Crippen molar-refractivity contribution in [3.63, 3.8) is 0 Å². The molecule has 4 heteroatoms. The summed E-state index contributed by atoms with van der Waals surface area (Å²) in [4.78, 5) is 8.27. The van der Waals surface area contributed by atoms with Crippen molar-refractivity contribution in [1.82, 2.24) is 9.88 Å². The number of nitrogens with zero attached hydrogens (tertiary/aromatic N) is 2. The minimum absolute atomic E-state index is 0.795. The molecule has 2 N–H and O–H groups in total. The minimum atomic E-state index is 0.795. The number of rotatable bonds is 5. The van der Waals surface area contributed by atoms with Crippen LogP contribution in [0, 0.1) is 0 Å². The number of benzene rings is 1. The van der Waals surface area contributed by atoms with Gasteiger partial charge in [-0.2, -0.15) is 0 Å². The summed E-state index contributed by atoms with van der Waals surface area (Å²) in [6, 6.07) is 12.3. The molecular formula is C17H19N3S. The number of aromatic nitrogens is 1. The SMILES string of the molecule is CN(CCc1cccs1)Cc1ccc(N)c2cccnc12. The molecule has 0 radical (unpaired) electrons. The van der Waals surface area contributed by atoms with Gasteiger partial charge in [-0.15, -0.1) is 11.3 Å². The summed E-state index contributed by atoms with van der Waals surface area (Å²) in [5, 5.41) is 3.17. The molecule has 1 aromatic carbocycles. The van der Waals surface area contributed by atoms with Gasteiger partial charge in [-0.3, -0.25) is 4.98 Å². The van der Waals surface area contributed by atoms with Gasteiger partial charge in [-0.05, 0) is 48.7 Å². The Morgan fingerprint density at radius 1 is 1.19 bits per heavy atom. The maximum Gasteiger partial charge on any atom is 0.0767 e. The zero-order chi connectivity index (χ0) is 14.7. The summed E-state index contributed by atoms with van der Waals surface area (Å²) < 4.78 is 0.